The van der Waals surface area contributed by atoms with Crippen LogP contribution in [-0.2, 0) is 23.7 Å². The van der Waals surface area contributed by atoms with Crippen molar-refractivity contribution in [2.24, 2.45) is 5.92 Å². The van der Waals surface area contributed by atoms with Crippen LogP contribution in [0.25, 0.3) is 0 Å². The summed E-state index contributed by atoms with van der Waals surface area (Å²) in [6.45, 7) is 3.48. The predicted molar refractivity (Wildman–Crippen MR) is 123 cm³/mol. The summed E-state index contributed by atoms with van der Waals surface area (Å²) in [7, 11) is 0.430. The van der Waals surface area contributed by atoms with E-state index in [9.17, 15) is 19.2 Å². The Morgan fingerprint density at radius 2 is 1.76 bits per heavy atom. The molecule has 2 N–H and O–H groups in total. The van der Waals surface area contributed by atoms with Gasteiger partial charge in [0.2, 0.25) is 5.91 Å². The molecule has 0 radical (unpaired) electrons. The Kier molecular flexibility index (Phi) is 8.26. The molecule has 0 saturated carbocycles. The maximum atomic E-state index is 12.6. The number of halogens is 2. The van der Waals surface area contributed by atoms with E-state index in [0.29, 0.717) is 24.3 Å². The van der Waals surface area contributed by atoms with Gasteiger partial charge in [0.05, 0.1) is 23.1 Å². The van der Waals surface area contributed by atoms with Gasteiger partial charge in [0.25, 0.3) is 5.91 Å². The van der Waals surface area contributed by atoms with Crippen molar-refractivity contribution in [1.82, 2.24) is 15.5 Å². The predicted octanol–water partition coefficient (Wildman–Crippen LogP) is 1.84. The molecule has 0 spiro atoms. The van der Waals surface area contributed by atoms with Crippen LogP contribution in [0.4, 0.5) is 0 Å². The molecular weight excluding hydrogens is 472 g/mol. The number of nitrogens with one attached hydrogen (secondary N) is 2. The normalized spacial score (nSPS) is 21.7. The van der Waals surface area contributed by atoms with E-state index in [-0.39, 0.29) is 23.0 Å². The highest BCUT2D eigenvalue weighted by molar-refractivity contribution is 6.51. The Bertz CT molecular complexity index is 921. The molecule has 0 aliphatic carbocycles. The second-order valence-corrected chi connectivity index (χ2v) is 9.47. The monoisotopic (exact) mass is 497 g/mol. The molecule has 2 aliphatic heterocycles. The summed E-state index contributed by atoms with van der Waals surface area (Å²) in [5.74, 6) is -2.78. The van der Waals surface area contributed by atoms with Crippen molar-refractivity contribution >= 4 is 54.1 Å². The average molecular weight is 498 g/mol. The van der Waals surface area contributed by atoms with Gasteiger partial charge in [-0.05, 0) is 50.4 Å². The van der Waals surface area contributed by atoms with Crippen LogP contribution in [0.2, 0.25) is 10.0 Å². The number of hydrogen-bond donors (Lipinski definition) is 2. The second kappa shape index (κ2) is 10.8. The fraction of sp³-hybridized carbons (Fsp3) is 0.524. The van der Waals surface area contributed by atoms with Crippen molar-refractivity contribution in [2.75, 3.05) is 13.6 Å². The van der Waals surface area contributed by atoms with E-state index in [1.54, 1.807) is 18.0 Å². The van der Waals surface area contributed by atoms with Crippen LogP contribution in [0.15, 0.2) is 18.2 Å². The first-order chi connectivity index (χ1) is 15.6. The number of amides is 2. The number of fused-ring (bicyclic) bond motifs is 2. The molecular formula is C21H26BCl2N3O6. The Labute approximate surface area is 202 Å². The van der Waals surface area contributed by atoms with Crippen molar-refractivity contribution in [1.29, 1.82) is 0 Å². The Hall–Kier alpha value is -2.30. The molecule has 2 bridgehead atoms. The van der Waals surface area contributed by atoms with Crippen LogP contribution in [-0.4, -0.2) is 67.4 Å². The van der Waals surface area contributed by atoms with Crippen molar-refractivity contribution in [2.45, 2.75) is 51.1 Å². The number of likely N-dealkylation sites (N-methyl/N-ethyl adjacent to an activating group) is 1. The Morgan fingerprint density at radius 1 is 1.15 bits per heavy atom. The van der Waals surface area contributed by atoms with Gasteiger partial charge in [0, 0.05) is 5.02 Å². The van der Waals surface area contributed by atoms with E-state index >= 15 is 0 Å². The lowest BCUT2D eigenvalue weighted by atomic mass is 9.73. The number of rotatable bonds is 7. The van der Waals surface area contributed by atoms with E-state index in [4.69, 9.17) is 32.5 Å². The molecule has 2 amide bonds. The molecule has 2 saturated heterocycles. The summed E-state index contributed by atoms with van der Waals surface area (Å²) >= 11 is 11.9. The van der Waals surface area contributed by atoms with Crippen LogP contribution in [0.1, 0.15) is 43.5 Å². The summed E-state index contributed by atoms with van der Waals surface area (Å²) in [5.41, 5.74) is 0.137. The molecule has 0 unspecified atom stereocenters. The third kappa shape index (κ3) is 6.19. The van der Waals surface area contributed by atoms with E-state index in [0.717, 1.165) is 0 Å². The minimum absolute atomic E-state index is 0.0948. The average Bonchev–Trinajstić information content (AvgIpc) is 3.15. The first-order valence-corrected chi connectivity index (χ1v) is 11.5. The van der Waals surface area contributed by atoms with Gasteiger partial charge in [-0.1, -0.05) is 37.0 Å². The molecule has 3 rings (SSSR count). The topological polar surface area (TPSA) is 114 Å². The summed E-state index contributed by atoms with van der Waals surface area (Å²) in [6.07, 6.45) is 1.39. The SMILES string of the molecule is CC(C)C[C@H](NC(=O)CNC(=O)c1cc(Cl)ccc1Cl)B1OC(=O)[C@H]2CC[C@H](C(=O)O1)N2C. The van der Waals surface area contributed by atoms with Gasteiger partial charge in [-0.25, -0.2) is 0 Å². The molecule has 3 atom stereocenters. The van der Waals surface area contributed by atoms with Crippen LogP contribution in [0.5, 0.6) is 0 Å². The van der Waals surface area contributed by atoms with Crippen molar-refractivity contribution in [3.63, 3.8) is 0 Å². The maximum absolute atomic E-state index is 12.6. The maximum Gasteiger partial charge on any atom is 0.622 e. The number of carbonyl (C=O) groups excluding carboxylic acids is 4. The molecule has 12 heteroatoms. The van der Waals surface area contributed by atoms with E-state index < -0.39 is 48.9 Å². The minimum Gasteiger partial charge on any atom is -0.497 e. The molecule has 33 heavy (non-hydrogen) atoms. The molecule has 1 aromatic rings. The van der Waals surface area contributed by atoms with E-state index in [1.807, 2.05) is 13.8 Å². The molecule has 0 aromatic heterocycles. The lowest BCUT2D eigenvalue weighted by Gasteiger charge is -2.31. The molecule has 1 aromatic carbocycles. The lowest BCUT2D eigenvalue weighted by molar-refractivity contribution is -0.151. The van der Waals surface area contributed by atoms with Crippen molar-refractivity contribution in [3.8, 4) is 0 Å². The first kappa shape index (κ1) is 25.3. The smallest absolute Gasteiger partial charge is 0.497 e. The minimum atomic E-state index is -1.26. The summed E-state index contributed by atoms with van der Waals surface area (Å²) in [5, 5.41) is 5.73. The highest BCUT2D eigenvalue weighted by Crippen LogP contribution is 2.27. The van der Waals surface area contributed by atoms with Crippen molar-refractivity contribution in [3.05, 3.63) is 33.8 Å². The summed E-state index contributed by atoms with van der Waals surface area (Å²) in [4.78, 5) is 51.9. The molecule has 178 valence electrons. The quantitative estimate of drug-likeness (QED) is 0.552. The summed E-state index contributed by atoms with van der Waals surface area (Å²) in [6, 6.07) is 3.38. The summed E-state index contributed by atoms with van der Waals surface area (Å²) < 4.78 is 11.0. The lowest BCUT2D eigenvalue weighted by Crippen LogP contribution is -2.57. The van der Waals surface area contributed by atoms with Gasteiger partial charge >= 0.3 is 19.1 Å². The van der Waals surface area contributed by atoms with E-state index in [1.165, 1.54) is 12.1 Å². The fourth-order valence-corrected chi connectivity index (χ4v) is 4.39. The first-order valence-electron chi connectivity index (χ1n) is 10.7. The van der Waals surface area contributed by atoms with Crippen LogP contribution >= 0.6 is 23.2 Å². The van der Waals surface area contributed by atoms with Gasteiger partial charge in [-0.2, -0.15) is 0 Å². The van der Waals surface area contributed by atoms with Crippen LogP contribution in [0.3, 0.4) is 0 Å². The fourth-order valence-electron chi connectivity index (χ4n) is 4.01. The molecule has 2 fully saturated rings. The standard InChI is InChI=1S/C21H26BCl2N3O6/c1-11(2)8-17(22-32-20(30)15-6-7-16(27(15)3)21(31)33-22)26-18(28)10-25-19(29)13-9-12(23)4-5-14(13)24/h4-5,9,11,15-17H,6-8,10H2,1-3H3,(H,25,29)(H,26,28)/t15-,16-,17+/m1/s1. The van der Waals surface area contributed by atoms with Crippen LogP contribution < -0.4 is 10.6 Å². The Balaban J connectivity index is 1.66. The number of hydrogen-bond acceptors (Lipinski definition) is 7. The van der Waals surface area contributed by atoms with Crippen molar-refractivity contribution < 1.29 is 28.5 Å². The second-order valence-electron chi connectivity index (χ2n) is 8.63. The largest absolute Gasteiger partial charge is 0.622 e. The van der Waals surface area contributed by atoms with Gasteiger partial charge in [-0.3, -0.25) is 24.1 Å². The zero-order valence-electron chi connectivity index (χ0n) is 18.6. The van der Waals surface area contributed by atoms with Gasteiger partial charge in [0.15, 0.2) is 0 Å². The zero-order valence-corrected chi connectivity index (χ0v) is 20.1. The molecule has 2 aliphatic rings. The van der Waals surface area contributed by atoms with Gasteiger partial charge in [0.1, 0.15) is 12.1 Å². The van der Waals surface area contributed by atoms with Gasteiger partial charge in [-0.15, -0.1) is 0 Å². The molecule has 9 nitrogen and oxygen atoms in total. The highest BCUT2D eigenvalue weighted by atomic mass is 35.5. The number of carbonyl (C=O) groups is 4. The third-order valence-electron chi connectivity index (χ3n) is 5.69. The zero-order chi connectivity index (χ0) is 24.3. The van der Waals surface area contributed by atoms with Crippen LogP contribution in [0, 0.1) is 5.92 Å². The number of benzene rings is 1. The third-order valence-corrected chi connectivity index (χ3v) is 6.25. The van der Waals surface area contributed by atoms with Gasteiger partial charge < -0.3 is 19.9 Å². The molecule has 2 heterocycles. The number of nitrogens with zero attached hydrogens (tertiary/aromatic N) is 1. The van der Waals surface area contributed by atoms with E-state index in [2.05, 4.69) is 10.6 Å². The highest BCUT2D eigenvalue weighted by Gasteiger charge is 2.49. The Morgan fingerprint density at radius 3 is 2.33 bits per heavy atom.